The van der Waals surface area contributed by atoms with Crippen molar-refractivity contribution in [2.45, 2.75) is 6.42 Å². The van der Waals surface area contributed by atoms with Gasteiger partial charge in [0.15, 0.2) is 5.75 Å². The Bertz CT molecular complexity index is 461. The molecule has 1 aromatic rings. The third-order valence-electron chi connectivity index (χ3n) is 2.33. The van der Waals surface area contributed by atoms with Crippen LogP contribution in [0.5, 0.6) is 5.75 Å². The summed E-state index contributed by atoms with van der Waals surface area (Å²) in [5, 5.41) is 23.4. The summed E-state index contributed by atoms with van der Waals surface area (Å²) in [7, 11) is 1.56. The number of rotatable bonds is 6. The number of carboxylic acid groups (broad SMARTS) is 1. The zero-order valence-electron chi connectivity index (χ0n) is 10.5. The van der Waals surface area contributed by atoms with Gasteiger partial charge in [-0.15, -0.1) is 0 Å². The number of phenols is 1. The number of carbonyl (C=O) groups is 2. The van der Waals surface area contributed by atoms with Crippen molar-refractivity contribution < 1.29 is 24.5 Å². The van der Waals surface area contributed by atoms with E-state index in [1.54, 1.807) is 7.11 Å². The number of carbonyl (C=O) groups excluding carboxylic acids is 1. The zero-order valence-corrected chi connectivity index (χ0v) is 10.5. The van der Waals surface area contributed by atoms with Gasteiger partial charge in [0.1, 0.15) is 5.56 Å². The molecule has 1 aromatic carbocycles. The van der Waals surface area contributed by atoms with Crippen LogP contribution in [0.2, 0.25) is 0 Å². The molecule has 0 aliphatic rings. The topological polar surface area (TPSA) is 108 Å². The number of amides is 2. The van der Waals surface area contributed by atoms with E-state index in [1.165, 1.54) is 18.2 Å². The summed E-state index contributed by atoms with van der Waals surface area (Å²) in [6, 6.07) is 3.58. The van der Waals surface area contributed by atoms with E-state index in [0.717, 1.165) is 0 Å². The van der Waals surface area contributed by atoms with Gasteiger partial charge in [0.05, 0.1) is 5.69 Å². The molecule has 104 valence electrons. The molecule has 19 heavy (non-hydrogen) atoms. The van der Waals surface area contributed by atoms with Gasteiger partial charge in [-0.3, -0.25) is 0 Å². The summed E-state index contributed by atoms with van der Waals surface area (Å²) in [6.45, 7) is 0.944. The van der Waals surface area contributed by atoms with E-state index >= 15 is 0 Å². The predicted molar refractivity (Wildman–Crippen MR) is 68.6 cm³/mol. The summed E-state index contributed by atoms with van der Waals surface area (Å²) >= 11 is 0. The minimum absolute atomic E-state index is 0.0455. The lowest BCUT2D eigenvalue weighted by Gasteiger charge is -2.10. The number of hydrogen-bond donors (Lipinski definition) is 4. The average molecular weight is 268 g/mol. The van der Waals surface area contributed by atoms with Gasteiger partial charge in [-0.05, 0) is 18.6 Å². The van der Waals surface area contributed by atoms with Crippen LogP contribution < -0.4 is 10.6 Å². The molecule has 4 N–H and O–H groups in total. The lowest BCUT2D eigenvalue weighted by molar-refractivity contribution is 0.0693. The summed E-state index contributed by atoms with van der Waals surface area (Å²) in [5.41, 5.74) is -0.221. The zero-order chi connectivity index (χ0) is 14.3. The largest absolute Gasteiger partial charge is 0.505 e. The summed E-state index contributed by atoms with van der Waals surface area (Å²) in [4.78, 5) is 22.3. The first kappa shape index (κ1) is 14.8. The van der Waals surface area contributed by atoms with E-state index in [0.29, 0.717) is 19.6 Å². The van der Waals surface area contributed by atoms with Crippen LogP contribution >= 0.6 is 0 Å². The lowest BCUT2D eigenvalue weighted by atomic mass is 10.2. The van der Waals surface area contributed by atoms with Crippen LogP contribution in [0, 0.1) is 0 Å². The molecule has 0 fully saturated rings. The Morgan fingerprint density at radius 3 is 2.74 bits per heavy atom. The van der Waals surface area contributed by atoms with Crippen molar-refractivity contribution in [3.8, 4) is 5.75 Å². The third-order valence-corrected chi connectivity index (χ3v) is 2.33. The van der Waals surface area contributed by atoms with Crippen molar-refractivity contribution in [1.82, 2.24) is 5.32 Å². The number of anilines is 1. The Morgan fingerprint density at radius 2 is 2.11 bits per heavy atom. The molecule has 7 nitrogen and oxygen atoms in total. The molecule has 0 saturated carbocycles. The van der Waals surface area contributed by atoms with E-state index in [1.807, 2.05) is 0 Å². The van der Waals surface area contributed by atoms with E-state index in [-0.39, 0.29) is 11.3 Å². The second kappa shape index (κ2) is 7.22. The van der Waals surface area contributed by atoms with E-state index in [4.69, 9.17) is 9.84 Å². The number of ether oxygens (including phenoxy) is 1. The van der Waals surface area contributed by atoms with Crippen molar-refractivity contribution >= 4 is 17.7 Å². The minimum Gasteiger partial charge on any atom is -0.505 e. The van der Waals surface area contributed by atoms with Gasteiger partial charge in [-0.2, -0.15) is 0 Å². The first-order valence-corrected chi connectivity index (χ1v) is 5.65. The van der Waals surface area contributed by atoms with Crippen LogP contribution in [0.15, 0.2) is 18.2 Å². The molecule has 0 aromatic heterocycles. The van der Waals surface area contributed by atoms with Gasteiger partial charge < -0.3 is 25.6 Å². The van der Waals surface area contributed by atoms with Crippen molar-refractivity contribution in [3.05, 3.63) is 23.8 Å². The Morgan fingerprint density at radius 1 is 1.37 bits per heavy atom. The molecule has 0 radical (unpaired) electrons. The number of aromatic carboxylic acids is 1. The maximum absolute atomic E-state index is 11.5. The molecule has 7 heteroatoms. The normalized spacial score (nSPS) is 9.95. The maximum Gasteiger partial charge on any atom is 0.339 e. The number of benzene rings is 1. The van der Waals surface area contributed by atoms with Crippen LogP contribution in [-0.2, 0) is 4.74 Å². The second-order valence-electron chi connectivity index (χ2n) is 3.73. The SMILES string of the molecule is COCCCNC(=O)Nc1cccc(C(=O)O)c1O. The lowest BCUT2D eigenvalue weighted by Crippen LogP contribution is -2.30. The number of methoxy groups -OCH3 is 1. The number of aromatic hydroxyl groups is 1. The number of carboxylic acids is 1. The molecule has 0 atom stereocenters. The molecule has 0 unspecified atom stereocenters. The molecular weight excluding hydrogens is 252 g/mol. The standard InChI is InChI=1S/C12H16N2O5/c1-19-7-3-6-13-12(18)14-9-5-2-4-8(10(9)15)11(16)17/h2,4-5,15H,3,6-7H2,1H3,(H,16,17)(H2,13,14,18). The predicted octanol–water partition coefficient (Wildman–Crippen LogP) is 1.25. The molecule has 0 spiro atoms. The van der Waals surface area contributed by atoms with Crippen LogP contribution in [0.1, 0.15) is 16.8 Å². The number of urea groups is 1. The first-order valence-electron chi connectivity index (χ1n) is 5.65. The molecule has 0 saturated heterocycles. The number of nitrogens with one attached hydrogen (secondary N) is 2. The second-order valence-corrected chi connectivity index (χ2v) is 3.73. The Labute approximate surface area is 110 Å². The number of hydrogen-bond acceptors (Lipinski definition) is 4. The highest BCUT2D eigenvalue weighted by molar-refractivity contribution is 5.97. The van der Waals surface area contributed by atoms with Crippen LogP contribution in [0.4, 0.5) is 10.5 Å². The van der Waals surface area contributed by atoms with Crippen molar-refractivity contribution in [2.24, 2.45) is 0 Å². The molecule has 2 amide bonds. The van der Waals surface area contributed by atoms with Crippen molar-refractivity contribution in [1.29, 1.82) is 0 Å². The summed E-state index contributed by atoms with van der Waals surface area (Å²) < 4.78 is 4.83. The highest BCUT2D eigenvalue weighted by atomic mass is 16.5. The Balaban J connectivity index is 2.59. The summed E-state index contributed by atoms with van der Waals surface area (Å²) in [5.74, 6) is -1.73. The van der Waals surface area contributed by atoms with Gasteiger partial charge in [0.2, 0.25) is 0 Å². The Kier molecular flexibility index (Phi) is 5.62. The van der Waals surface area contributed by atoms with Crippen LogP contribution in [0.3, 0.4) is 0 Å². The van der Waals surface area contributed by atoms with E-state index < -0.39 is 17.7 Å². The van der Waals surface area contributed by atoms with Gasteiger partial charge in [-0.25, -0.2) is 9.59 Å². The number of para-hydroxylation sites is 1. The quantitative estimate of drug-likeness (QED) is 0.458. The fraction of sp³-hybridized carbons (Fsp3) is 0.333. The van der Waals surface area contributed by atoms with Crippen molar-refractivity contribution in [2.75, 3.05) is 25.6 Å². The molecule has 0 heterocycles. The smallest absolute Gasteiger partial charge is 0.339 e. The molecule has 0 aliphatic carbocycles. The van der Waals surface area contributed by atoms with Gasteiger partial charge in [-0.1, -0.05) is 6.07 Å². The van der Waals surface area contributed by atoms with Crippen molar-refractivity contribution in [3.63, 3.8) is 0 Å². The van der Waals surface area contributed by atoms with Crippen LogP contribution in [0.25, 0.3) is 0 Å². The first-order chi connectivity index (χ1) is 9.06. The summed E-state index contributed by atoms with van der Waals surface area (Å²) in [6.07, 6.45) is 0.658. The van der Waals surface area contributed by atoms with E-state index in [9.17, 15) is 14.7 Å². The third kappa shape index (κ3) is 4.47. The minimum atomic E-state index is -1.26. The van der Waals surface area contributed by atoms with Gasteiger partial charge in [0.25, 0.3) is 0 Å². The fourth-order valence-electron chi connectivity index (χ4n) is 1.40. The molecular formula is C12H16N2O5. The van der Waals surface area contributed by atoms with Gasteiger partial charge in [0, 0.05) is 20.3 Å². The molecule has 0 aliphatic heterocycles. The Hall–Kier alpha value is -2.28. The highest BCUT2D eigenvalue weighted by Crippen LogP contribution is 2.27. The van der Waals surface area contributed by atoms with Crippen LogP contribution in [-0.4, -0.2) is 42.5 Å². The monoisotopic (exact) mass is 268 g/mol. The highest BCUT2D eigenvalue weighted by Gasteiger charge is 2.14. The molecule has 0 bridgehead atoms. The maximum atomic E-state index is 11.5. The fourth-order valence-corrected chi connectivity index (χ4v) is 1.40. The molecule has 1 rings (SSSR count). The van der Waals surface area contributed by atoms with E-state index in [2.05, 4.69) is 10.6 Å². The van der Waals surface area contributed by atoms with Gasteiger partial charge >= 0.3 is 12.0 Å². The average Bonchev–Trinajstić information content (AvgIpc) is 2.37.